The zero-order valence-corrected chi connectivity index (χ0v) is 12.9. The number of aromatic nitrogens is 3. The van der Waals surface area contributed by atoms with Gasteiger partial charge in [0.15, 0.2) is 10.4 Å². The van der Waals surface area contributed by atoms with Crippen molar-refractivity contribution in [1.29, 1.82) is 0 Å². The molecule has 2 aromatic heterocycles. The summed E-state index contributed by atoms with van der Waals surface area (Å²) in [6.45, 7) is 7.53. The summed E-state index contributed by atoms with van der Waals surface area (Å²) in [5.41, 5.74) is 3.20. The predicted octanol–water partition coefficient (Wildman–Crippen LogP) is 4.62. The maximum absolute atomic E-state index is 5.44. The number of fused-ring (bicyclic) bond motifs is 1. The molecule has 0 amide bonds. The highest BCUT2D eigenvalue weighted by Gasteiger charge is 2.11. The van der Waals surface area contributed by atoms with Crippen LogP contribution < -0.4 is 0 Å². The van der Waals surface area contributed by atoms with Crippen molar-refractivity contribution in [2.45, 2.75) is 53.0 Å². The summed E-state index contributed by atoms with van der Waals surface area (Å²) >= 11 is 5.44. The van der Waals surface area contributed by atoms with Gasteiger partial charge in [-0.3, -0.25) is 0 Å². The van der Waals surface area contributed by atoms with E-state index in [2.05, 4.69) is 41.4 Å². The largest absolute Gasteiger partial charge is 0.329 e. The number of imidazole rings is 1. The Morgan fingerprint density at radius 2 is 2.21 bits per heavy atom. The number of hydrogen-bond donors (Lipinski definition) is 1. The summed E-state index contributed by atoms with van der Waals surface area (Å²) in [5.74, 6) is 0.689. The van der Waals surface area contributed by atoms with Crippen LogP contribution in [0.25, 0.3) is 11.2 Å². The van der Waals surface area contributed by atoms with E-state index in [0.717, 1.165) is 28.0 Å². The van der Waals surface area contributed by atoms with Crippen LogP contribution in [-0.4, -0.2) is 14.5 Å². The van der Waals surface area contributed by atoms with Crippen molar-refractivity contribution in [1.82, 2.24) is 14.5 Å². The van der Waals surface area contributed by atoms with Gasteiger partial charge in [0.2, 0.25) is 0 Å². The van der Waals surface area contributed by atoms with Crippen molar-refractivity contribution < 1.29 is 0 Å². The van der Waals surface area contributed by atoms with Crippen LogP contribution in [0.3, 0.4) is 0 Å². The molecule has 0 aliphatic heterocycles. The van der Waals surface area contributed by atoms with E-state index in [1.165, 1.54) is 25.7 Å². The molecule has 1 atom stereocenters. The van der Waals surface area contributed by atoms with Gasteiger partial charge in [0.05, 0.1) is 5.52 Å². The first kappa shape index (κ1) is 14.3. The second-order valence-electron chi connectivity index (χ2n) is 5.34. The van der Waals surface area contributed by atoms with Gasteiger partial charge in [-0.25, -0.2) is 4.98 Å². The fraction of sp³-hybridized carbons (Fsp3) is 0.600. The smallest absolute Gasteiger partial charge is 0.179 e. The highest BCUT2D eigenvalue weighted by molar-refractivity contribution is 7.71. The minimum atomic E-state index is 0.689. The summed E-state index contributed by atoms with van der Waals surface area (Å²) in [4.78, 5) is 7.80. The molecule has 2 aromatic rings. The first-order valence-corrected chi connectivity index (χ1v) is 7.61. The molecule has 2 heterocycles. The number of nitrogens with one attached hydrogen (secondary N) is 1. The molecule has 2 rings (SSSR count). The van der Waals surface area contributed by atoms with Crippen molar-refractivity contribution in [3.05, 3.63) is 22.6 Å². The van der Waals surface area contributed by atoms with Gasteiger partial charge in [-0.2, -0.15) is 0 Å². The number of pyridine rings is 1. The molecule has 0 radical (unpaired) electrons. The molecule has 0 aliphatic rings. The van der Waals surface area contributed by atoms with Crippen LogP contribution in [-0.2, 0) is 6.54 Å². The van der Waals surface area contributed by atoms with Gasteiger partial charge in [-0.15, -0.1) is 0 Å². The van der Waals surface area contributed by atoms with E-state index in [0.29, 0.717) is 5.92 Å². The van der Waals surface area contributed by atoms with Crippen LogP contribution in [0.4, 0.5) is 0 Å². The van der Waals surface area contributed by atoms with E-state index < -0.39 is 0 Å². The second-order valence-corrected chi connectivity index (χ2v) is 5.73. The third-order valence-corrected chi connectivity index (χ3v) is 4.05. The number of hydrogen-bond acceptors (Lipinski definition) is 2. The van der Waals surface area contributed by atoms with E-state index in [-0.39, 0.29) is 0 Å². The molecule has 0 aliphatic carbocycles. The molecule has 0 aromatic carbocycles. The van der Waals surface area contributed by atoms with E-state index >= 15 is 0 Å². The molecule has 4 heteroatoms. The quantitative estimate of drug-likeness (QED) is 0.782. The normalized spacial score (nSPS) is 13.0. The standard InChI is InChI=1S/C15H23N3S/c1-4-6-7-12(5-2)10-18-14-13(17-15(18)19)8-11(3)9-16-14/h8-9,12H,4-7,10H2,1-3H3,(H,17,19). The fourth-order valence-corrected chi connectivity index (χ4v) is 2.76. The topological polar surface area (TPSA) is 33.6 Å². The summed E-state index contributed by atoms with van der Waals surface area (Å²) in [5, 5.41) is 0. The van der Waals surface area contributed by atoms with Crippen LogP contribution >= 0.6 is 12.2 Å². The third kappa shape index (κ3) is 3.24. The highest BCUT2D eigenvalue weighted by atomic mass is 32.1. The minimum Gasteiger partial charge on any atom is -0.329 e. The number of aryl methyl sites for hydroxylation is 1. The third-order valence-electron chi connectivity index (χ3n) is 3.73. The number of H-pyrrole nitrogens is 1. The van der Waals surface area contributed by atoms with Crippen molar-refractivity contribution >= 4 is 23.4 Å². The fourth-order valence-electron chi connectivity index (χ4n) is 2.49. The molecule has 0 saturated carbocycles. The van der Waals surface area contributed by atoms with Crippen LogP contribution in [0, 0.1) is 17.6 Å². The van der Waals surface area contributed by atoms with Crippen LogP contribution in [0.1, 0.15) is 45.1 Å². The Labute approximate surface area is 120 Å². The van der Waals surface area contributed by atoms with E-state index in [9.17, 15) is 0 Å². The van der Waals surface area contributed by atoms with Crippen molar-refractivity contribution in [2.24, 2.45) is 5.92 Å². The van der Waals surface area contributed by atoms with Crippen LogP contribution in [0.2, 0.25) is 0 Å². The number of aromatic amines is 1. The molecule has 0 saturated heterocycles. The van der Waals surface area contributed by atoms with Gasteiger partial charge in [0.25, 0.3) is 0 Å². The van der Waals surface area contributed by atoms with E-state index in [1.54, 1.807) is 0 Å². The summed E-state index contributed by atoms with van der Waals surface area (Å²) in [7, 11) is 0. The lowest BCUT2D eigenvalue weighted by molar-refractivity contribution is 0.392. The molecule has 1 unspecified atom stereocenters. The number of rotatable bonds is 6. The van der Waals surface area contributed by atoms with E-state index in [1.807, 2.05) is 6.20 Å². The molecular weight excluding hydrogens is 254 g/mol. The van der Waals surface area contributed by atoms with Crippen molar-refractivity contribution in [3.8, 4) is 0 Å². The van der Waals surface area contributed by atoms with Crippen molar-refractivity contribution in [3.63, 3.8) is 0 Å². The molecule has 3 nitrogen and oxygen atoms in total. The van der Waals surface area contributed by atoms with Gasteiger partial charge in [0, 0.05) is 12.7 Å². The Morgan fingerprint density at radius 1 is 1.42 bits per heavy atom. The Balaban J connectivity index is 2.28. The Morgan fingerprint density at radius 3 is 2.89 bits per heavy atom. The van der Waals surface area contributed by atoms with Crippen LogP contribution in [0.15, 0.2) is 12.3 Å². The average molecular weight is 277 g/mol. The molecule has 0 spiro atoms. The maximum atomic E-state index is 5.44. The lowest BCUT2D eigenvalue weighted by atomic mass is 9.99. The maximum Gasteiger partial charge on any atom is 0.179 e. The van der Waals surface area contributed by atoms with Gasteiger partial charge < -0.3 is 9.55 Å². The van der Waals surface area contributed by atoms with Gasteiger partial charge in [-0.05, 0) is 43.1 Å². The molecular formula is C15H23N3S. The second kappa shape index (κ2) is 6.33. The Bertz CT molecular complexity index is 597. The summed E-state index contributed by atoms with van der Waals surface area (Å²) < 4.78 is 2.96. The number of unbranched alkanes of at least 4 members (excludes halogenated alkanes) is 1. The van der Waals surface area contributed by atoms with Crippen LogP contribution in [0.5, 0.6) is 0 Å². The molecule has 19 heavy (non-hydrogen) atoms. The molecule has 0 fully saturated rings. The molecule has 104 valence electrons. The Kier molecular flexibility index (Phi) is 4.75. The zero-order valence-electron chi connectivity index (χ0n) is 12.1. The van der Waals surface area contributed by atoms with Gasteiger partial charge in [0.1, 0.15) is 0 Å². The van der Waals surface area contributed by atoms with Crippen molar-refractivity contribution in [2.75, 3.05) is 0 Å². The zero-order chi connectivity index (χ0) is 13.8. The lowest BCUT2D eigenvalue weighted by Crippen LogP contribution is -2.10. The first-order chi connectivity index (χ1) is 9.15. The monoisotopic (exact) mass is 277 g/mol. The molecule has 0 bridgehead atoms. The molecule has 1 N–H and O–H groups in total. The highest BCUT2D eigenvalue weighted by Crippen LogP contribution is 2.19. The Hall–Kier alpha value is -1.16. The predicted molar refractivity (Wildman–Crippen MR) is 83.0 cm³/mol. The summed E-state index contributed by atoms with van der Waals surface area (Å²) in [6, 6.07) is 2.11. The lowest BCUT2D eigenvalue weighted by Gasteiger charge is -2.15. The van der Waals surface area contributed by atoms with Gasteiger partial charge in [-0.1, -0.05) is 33.1 Å². The first-order valence-electron chi connectivity index (χ1n) is 7.20. The number of nitrogens with zero attached hydrogens (tertiary/aromatic N) is 2. The minimum absolute atomic E-state index is 0.689. The van der Waals surface area contributed by atoms with Gasteiger partial charge >= 0.3 is 0 Å². The average Bonchev–Trinajstić information content (AvgIpc) is 2.69. The SMILES string of the molecule is CCCCC(CC)Cn1c(=S)[nH]c2cc(C)cnc21. The summed E-state index contributed by atoms with van der Waals surface area (Å²) in [6.07, 6.45) is 6.93. The van der Waals surface area contributed by atoms with E-state index in [4.69, 9.17) is 12.2 Å².